The number of fused-ring (bicyclic) bond motifs is 2. The van der Waals surface area contributed by atoms with Crippen molar-refractivity contribution in [1.82, 2.24) is 29.9 Å². The number of anilines is 1. The van der Waals surface area contributed by atoms with Gasteiger partial charge in [-0.25, -0.2) is 9.67 Å². The van der Waals surface area contributed by atoms with Gasteiger partial charge in [0.15, 0.2) is 0 Å². The summed E-state index contributed by atoms with van der Waals surface area (Å²) in [7, 11) is -0.458. The molecule has 5 rings (SSSR count). The van der Waals surface area contributed by atoms with E-state index in [4.69, 9.17) is 8.85 Å². The van der Waals surface area contributed by atoms with Gasteiger partial charge in [-0.1, -0.05) is 11.3 Å². The summed E-state index contributed by atoms with van der Waals surface area (Å²) in [5.74, 6) is 0.562. The van der Waals surface area contributed by atoms with Crippen molar-refractivity contribution in [2.45, 2.75) is 37.8 Å². The topological polar surface area (TPSA) is 93.5 Å². The molecule has 3 aromatic heterocycles. The molecule has 0 radical (unpaired) electrons. The van der Waals surface area contributed by atoms with Crippen molar-refractivity contribution in [3.8, 4) is 11.1 Å². The molecule has 8 heteroatoms. The van der Waals surface area contributed by atoms with Gasteiger partial charge >= 0.3 is 0 Å². The van der Waals surface area contributed by atoms with Crippen molar-refractivity contribution in [3.63, 3.8) is 0 Å². The molecule has 144 valence electrons. The van der Waals surface area contributed by atoms with Crippen LogP contribution >= 0.6 is 0 Å². The number of aromatic amines is 1. The Morgan fingerprint density at radius 2 is 2.18 bits per heavy atom. The number of H-pyrrole nitrogens is 1. The summed E-state index contributed by atoms with van der Waals surface area (Å²) in [4.78, 5) is 12.4. The third-order valence-electron chi connectivity index (χ3n) is 5.53. The van der Waals surface area contributed by atoms with E-state index in [0.717, 1.165) is 46.0 Å². The molecule has 1 aliphatic rings. The van der Waals surface area contributed by atoms with Crippen LogP contribution in [0.25, 0.3) is 33.2 Å². The fourth-order valence-electron chi connectivity index (χ4n) is 3.92. The summed E-state index contributed by atoms with van der Waals surface area (Å²) in [5, 5.41) is 12.5. The van der Waals surface area contributed by atoms with Gasteiger partial charge in [0, 0.05) is 43.5 Å². The molecule has 8 nitrogen and oxygen atoms in total. The molecule has 3 heterocycles. The van der Waals surface area contributed by atoms with Crippen molar-refractivity contribution in [2.75, 3.05) is 12.4 Å². The Balaban J connectivity index is 1.31. The fourth-order valence-corrected chi connectivity index (χ4v) is 3.92. The monoisotopic (exact) mass is 380 g/mol. The molecule has 2 N–H and O–H groups in total. The maximum atomic E-state index is 7.25. The van der Waals surface area contributed by atoms with Crippen LogP contribution in [0.1, 0.15) is 29.8 Å². The van der Waals surface area contributed by atoms with E-state index in [9.17, 15) is 0 Å². The SMILES string of the molecule is [2H]C([2H])([2H])O[C@H]1CC[C@@H](Nc2ncc3c(-c4ccc5nnn(C)c5c4)c[nH]c3n2)CC1. The number of benzene rings is 1. The van der Waals surface area contributed by atoms with E-state index >= 15 is 0 Å². The zero-order chi connectivity index (χ0) is 21.6. The fraction of sp³-hybridized carbons (Fsp3) is 0.400. The molecule has 0 bridgehead atoms. The molecular weight excluding hydrogens is 354 g/mol. The van der Waals surface area contributed by atoms with Crippen LogP contribution in [-0.2, 0) is 11.8 Å². The normalized spacial score (nSPS) is 22.1. The minimum absolute atomic E-state index is 0.197. The molecule has 0 amide bonds. The third-order valence-corrected chi connectivity index (χ3v) is 5.53. The minimum Gasteiger partial charge on any atom is -0.381 e. The van der Waals surface area contributed by atoms with Crippen LogP contribution in [0.2, 0.25) is 0 Å². The van der Waals surface area contributed by atoms with Crippen molar-refractivity contribution in [3.05, 3.63) is 30.6 Å². The maximum absolute atomic E-state index is 7.25. The molecule has 1 aromatic carbocycles. The molecule has 28 heavy (non-hydrogen) atoms. The number of nitrogens with one attached hydrogen (secondary N) is 2. The predicted octanol–water partition coefficient (Wildman–Crippen LogP) is 3.28. The number of aromatic nitrogens is 6. The number of hydrogen-bond donors (Lipinski definition) is 2. The summed E-state index contributed by atoms with van der Waals surface area (Å²) in [5.41, 5.74) is 4.64. The Hall–Kier alpha value is -3.00. The lowest BCUT2D eigenvalue weighted by Crippen LogP contribution is -2.29. The number of aryl methyl sites for hydroxylation is 1. The first-order valence-corrected chi connectivity index (χ1v) is 9.44. The number of nitrogens with zero attached hydrogens (tertiary/aromatic N) is 5. The zero-order valence-corrected chi connectivity index (χ0v) is 15.5. The van der Waals surface area contributed by atoms with Gasteiger partial charge in [-0.15, -0.1) is 5.10 Å². The van der Waals surface area contributed by atoms with Gasteiger partial charge in [-0.2, -0.15) is 4.98 Å². The first-order valence-electron chi connectivity index (χ1n) is 10.9. The Labute approximate surface area is 166 Å². The lowest BCUT2D eigenvalue weighted by molar-refractivity contribution is 0.0681. The van der Waals surface area contributed by atoms with Crippen molar-refractivity contribution < 1.29 is 8.85 Å². The summed E-state index contributed by atoms with van der Waals surface area (Å²) >= 11 is 0. The number of methoxy groups -OCH3 is 1. The molecule has 0 atom stereocenters. The van der Waals surface area contributed by atoms with Crippen molar-refractivity contribution in [2.24, 2.45) is 7.05 Å². The Kier molecular flexibility index (Phi) is 3.45. The molecule has 0 unspecified atom stereocenters. The van der Waals surface area contributed by atoms with Gasteiger partial charge in [0.25, 0.3) is 0 Å². The van der Waals surface area contributed by atoms with Crippen LogP contribution in [0.5, 0.6) is 0 Å². The molecule has 0 saturated heterocycles. The van der Waals surface area contributed by atoms with E-state index in [0.29, 0.717) is 18.8 Å². The highest BCUT2D eigenvalue weighted by molar-refractivity contribution is 5.95. The van der Waals surface area contributed by atoms with Gasteiger partial charge < -0.3 is 15.0 Å². The van der Waals surface area contributed by atoms with E-state index in [1.807, 2.05) is 31.6 Å². The average Bonchev–Trinajstić information content (AvgIpc) is 3.31. The molecule has 0 aliphatic heterocycles. The molecule has 1 fully saturated rings. The lowest BCUT2D eigenvalue weighted by atomic mass is 9.93. The largest absolute Gasteiger partial charge is 0.381 e. The summed E-state index contributed by atoms with van der Waals surface area (Å²) in [6.45, 7) is 0. The third kappa shape index (κ3) is 2.99. The molecule has 0 spiro atoms. The van der Waals surface area contributed by atoms with Gasteiger partial charge in [0.1, 0.15) is 11.2 Å². The van der Waals surface area contributed by atoms with E-state index in [2.05, 4.69) is 36.6 Å². The van der Waals surface area contributed by atoms with Crippen LogP contribution in [-0.4, -0.2) is 49.1 Å². The highest BCUT2D eigenvalue weighted by atomic mass is 16.5. The van der Waals surface area contributed by atoms with E-state index in [1.54, 1.807) is 4.68 Å². The molecule has 4 aromatic rings. The van der Waals surface area contributed by atoms with E-state index in [1.165, 1.54) is 0 Å². The predicted molar refractivity (Wildman–Crippen MR) is 108 cm³/mol. The average molecular weight is 380 g/mol. The second-order valence-corrected chi connectivity index (χ2v) is 7.31. The Morgan fingerprint density at radius 3 is 3.04 bits per heavy atom. The van der Waals surface area contributed by atoms with Gasteiger partial charge in [-0.05, 0) is 43.4 Å². The zero-order valence-electron chi connectivity index (χ0n) is 18.5. The highest BCUT2D eigenvalue weighted by Gasteiger charge is 2.21. The first kappa shape index (κ1) is 14.1. The molecule has 1 saturated carbocycles. The van der Waals surface area contributed by atoms with Gasteiger partial charge in [-0.3, -0.25) is 0 Å². The van der Waals surface area contributed by atoms with Crippen molar-refractivity contribution >= 4 is 28.0 Å². The molecule has 1 aliphatic carbocycles. The summed E-state index contributed by atoms with van der Waals surface area (Å²) in [6, 6.07) is 6.23. The number of rotatable bonds is 4. The highest BCUT2D eigenvalue weighted by Crippen LogP contribution is 2.30. The van der Waals surface area contributed by atoms with E-state index < -0.39 is 7.04 Å². The maximum Gasteiger partial charge on any atom is 0.224 e. The second-order valence-electron chi connectivity index (χ2n) is 7.31. The second kappa shape index (κ2) is 6.87. The lowest BCUT2D eigenvalue weighted by Gasteiger charge is -2.28. The van der Waals surface area contributed by atoms with Crippen molar-refractivity contribution in [1.29, 1.82) is 0 Å². The van der Waals surface area contributed by atoms with E-state index in [-0.39, 0.29) is 12.1 Å². The van der Waals surface area contributed by atoms with Crippen LogP contribution in [0.4, 0.5) is 5.95 Å². The molecular formula is C20H23N7O. The quantitative estimate of drug-likeness (QED) is 0.564. The van der Waals surface area contributed by atoms with Crippen LogP contribution in [0, 0.1) is 0 Å². The summed E-state index contributed by atoms with van der Waals surface area (Å²) < 4.78 is 28.6. The van der Waals surface area contributed by atoms with Crippen LogP contribution in [0.15, 0.2) is 30.6 Å². The van der Waals surface area contributed by atoms with Crippen LogP contribution in [0.3, 0.4) is 0 Å². The standard InChI is InChI=1S/C20H23N7O/c1-27-18-9-12(3-8-17(18)25-26-27)15-10-21-19-16(15)11-22-20(24-19)23-13-4-6-14(28-2)7-5-13/h3,8-11,13-14H,4-7H2,1-2H3,(H2,21,22,23,24)/t13-,14+/i2D3. The number of hydrogen-bond acceptors (Lipinski definition) is 6. The Bertz CT molecular complexity index is 1220. The Morgan fingerprint density at radius 1 is 1.29 bits per heavy atom. The van der Waals surface area contributed by atoms with Crippen LogP contribution < -0.4 is 5.32 Å². The first-order chi connectivity index (χ1) is 14.9. The summed E-state index contributed by atoms with van der Waals surface area (Å²) in [6.07, 6.45) is 6.59. The van der Waals surface area contributed by atoms with Gasteiger partial charge in [0.05, 0.1) is 15.7 Å². The number of ether oxygens (including phenoxy) is 1. The smallest absolute Gasteiger partial charge is 0.224 e. The minimum atomic E-state index is -2.33. The van der Waals surface area contributed by atoms with Gasteiger partial charge in [0.2, 0.25) is 5.95 Å².